The largest absolute Gasteiger partial charge is 0.481 e. The summed E-state index contributed by atoms with van der Waals surface area (Å²) in [6, 6.07) is -2.94. The second kappa shape index (κ2) is 5.04. The number of carbonyl (C=O) groups is 1. The number of nitrogens with zero attached hydrogens (tertiary/aromatic N) is 1. The number of sulfone groups is 1. The molecule has 5 nitrogen and oxygen atoms in total. The minimum atomic E-state index is -4.69. The van der Waals surface area contributed by atoms with Crippen LogP contribution in [0.15, 0.2) is 0 Å². The van der Waals surface area contributed by atoms with Crippen molar-refractivity contribution in [2.45, 2.75) is 31.1 Å². The molecule has 0 spiro atoms. The molecule has 1 N–H and O–H groups in total. The standard InChI is InChI=1S/C9H14F3NO4S/c1-13(6-2-3-18(16,17)5-6)7(4-8(14)15)9(10,11)12/h6-7H,2-5H2,1H3,(H,14,15). The highest BCUT2D eigenvalue weighted by Crippen LogP contribution is 2.30. The second-order valence-corrected chi connectivity index (χ2v) is 6.61. The summed E-state index contributed by atoms with van der Waals surface area (Å²) in [5.74, 6) is -2.07. The zero-order valence-corrected chi connectivity index (χ0v) is 10.5. The van der Waals surface area contributed by atoms with E-state index in [4.69, 9.17) is 5.11 Å². The van der Waals surface area contributed by atoms with Crippen LogP contribution in [0.4, 0.5) is 13.2 Å². The highest BCUT2D eigenvalue weighted by atomic mass is 32.2. The van der Waals surface area contributed by atoms with Crippen molar-refractivity contribution >= 4 is 15.8 Å². The van der Waals surface area contributed by atoms with Gasteiger partial charge >= 0.3 is 12.1 Å². The summed E-state index contributed by atoms with van der Waals surface area (Å²) in [4.78, 5) is 11.3. The molecule has 1 rings (SSSR count). The van der Waals surface area contributed by atoms with Crippen LogP contribution in [0, 0.1) is 0 Å². The van der Waals surface area contributed by atoms with Crippen LogP contribution in [0.25, 0.3) is 0 Å². The molecule has 1 heterocycles. The fourth-order valence-electron chi connectivity index (χ4n) is 2.01. The van der Waals surface area contributed by atoms with Gasteiger partial charge in [0.25, 0.3) is 0 Å². The molecular weight excluding hydrogens is 275 g/mol. The Morgan fingerprint density at radius 2 is 2.06 bits per heavy atom. The molecule has 1 fully saturated rings. The van der Waals surface area contributed by atoms with Crippen molar-refractivity contribution in [2.24, 2.45) is 0 Å². The lowest BCUT2D eigenvalue weighted by Gasteiger charge is -2.32. The lowest BCUT2D eigenvalue weighted by Crippen LogP contribution is -2.50. The molecule has 1 aliphatic rings. The van der Waals surface area contributed by atoms with E-state index in [-0.39, 0.29) is 17.9 Å². The van der Waals surface area contributed by atoms with E-state index < -0.39 is 40.5 Å². The molecule has 2 atom stereocenters. The Kier molecular flexibility index (Phi) is 4.26. The molecule has 0 radical (unpaired) electrons. The fraction of sp³-hybridized carbons (Fsp3) is 0.889. The van der Waals surface area contributed by atoms with E-state index >= 15 is 0 Å². The van der Waals surface area contributed by atoms with E-state index in [1.54, 1.807) is 0 Å². The summed E-state index contributed by atoms with van der Waals surface area (Å²) in [5, 5.41) is 8.50. The Morgan fingerprint density at radius 1 is 1.50 bits per heavy atom. The molecule has 0 aromatic heterocycles. The molecule has 2 unspecified atom stereocenters. The van der Waals surface area contributed by atoms with Crippen molar-refractivity contribution in [1.29, 1.82) is 0 Å². The van der Waals surface area contributed by atoms with Crippen LogP contribution in [0.5, 0.6) is 0 Å². The third-order valence-corrected chi connectivity index (χ3v) is 4.77. The molecule has 1 saturated heterocycles. The van der Waals surface area contributed by atoms with Gasteiger partial charge in [-0.1, -0.05) is 0 Å². The number of alkyl halides is 3. The van der Waals surface area contributed by atoms with Crippen molar-refractivity contribution < 1.29 is 31.5 Å². The second-order valence-electron chi connectivity index (χ2n) is 4.38. The van der Waals surface area contributed by atoms with E-state index in [2.05, 4.69) is 0 Å². The van der Waals surface area contributed by atoms with Crippen molar-refractivity contribution in [3.8, 4) is 0 Å². The maximum Gasteiger partial charge on any atom is 0.404 e. The summed E-state index contributed by atoms with van der Waals surface area (Å²) in [5.41, 5.74) is 0. The Balaban J connectivity index is 2.83. The Hall–Kier alpha value is -0.830. The number of carboxylic acid groups (broad SMARTS) is 1. The smallest absolute Gasteiger partial charge is 0.404 e. The highest BCUT2D eigenvalue weighted by Gasteiger charge is 2.47. The molecule has 1 aliphatic heterocycles. The number of carboxylic acids is 1. The first-order valence-corrected chi connectivity index (χ1v) is 7.06. The Bertz CT molecular complexity index is 420. The first-order valence-electron chi connectivity index (χ1n) is 5.24. The van der Waals surface area contributed by atoms with E-state index in [9.17, 15) is 26.4 Å². The number of hydrogen-bond acceptors (Lipinski definition) is 4. The Labute approximate surface area is 102 Å². The van der Waals surface area contributed by atoms with Gasteiger partial charge in [-0.3, -0.25) is 9.69 Å². The summed E-state index contributed by atoms with van der Waals surface area (Å²) in [7, 11) is -2.19. The van der Waals surface area contributed by atoms with Gasteiger partial charge in [0.2, 0.25) is 0 Å². The summed E-state index contributed by atoms with van der Waals surface area (Å²) >= 11 is 0. The van der Waals surface area contributed by atoms with E-state index in [0.717, 1.165) is 11.9 Å². The van der Waals surface area contributed by atoms with Gasteiger partial charge in [0.15, 0.2) is 9.84 Å². The molecule has 0 aromatic rings. The molecular formula is C9H14F3NO4S. The minimum absolute atomic E-state index is 0.102. The molecule has 0 saturated carbocycles. The fourth-order valence-corrected chi connectivity index (χ4v) is 3.79. The van der Waals surface area contributed by atoms with Gasteiger partial charge < -0.3 is 5.11 Å². The SMILES string of the molecule is CN(C1CCS(=O)(=O)C1)C(CC(=O)O)C(F)(F)F. The first-order chi connectivity index (χ1) is 8.03. The van der Waals surface area contributed by atoms with E-state index in [1.807, 2.05) is 0 Å². The zero-order valence-electron chi connectivity index (χ0n) is 9.64. The van der Waals surface area contributed by atoms with Crippen molar-refractivity contribution in [1.82, 2.24) is 4.90 Å². The first kappa shape index (κ1) is 15.2. The average Bonchev–Trinajstić information content (AvgIpc) is 2.52. The maximum absolute atomic E-state index is 12.7. The quantitative estimate of drug-likeness (QED) is 0.816. The summed E-state index contributed by atoms with van der Waals surface area (Å²) in [6.45, 7) is 0. The topological polar surface area (TPSA) is 74.7 Å². The molecule has 9 heteroatoms. The average molecular weight is 289 g/mol. The van der Waals surface area contributed by atoms with E-state index in [1.165, 1.54) is 0 Å². The van der Waals surface area contributed by atoms with Gasteiger partial charge in [-0.05, 0) is 13.5 Å². The third kappa shape index (κ3) is 3.84. The van der Waals surface area contributed by atoms with Crippen molar-refractivity contribution in [2.75, 3.05) is 18.6 Å². The van der Waals surface area contributed by atoms with Gasteiger partial charge in [0.1, 0.15) is 6.04 Å². The van der Waals surface area contributed by atoms with Crippen LogP contribution in [0.1, 0.15) is 12.8 Å². The number of aliphatic carboxylic acids is 1. The monoisotopic (exact) mass is 289 g/mol. The zero-order chi connectivity index (χ0) is 14.1. The predicted octanol–water partition coefficient (Wildman–Crippen LogP) is 0.511. The van der Waals surface area contributed by atoms with Gasteiger partial charge in [-0.15, -0.1) is 0 Å². The maximum atomic E-state index is 12.7. The van der Waals surface area contributed by atoms with Gasteiger partial charge in [-0.25, -0.2) is 8.42 Å². The lowest BCUT2D eigenvalue weighted by molar-refractivity contribution is -0.191. The normalized spacial score (nSPS) is 25.3. The van der Waals surface area contributed by atoms with Gasteiger partial charge in [0, 0.05) is 6.04 Å². The molecule has 0 aromatic carbocycles. The van der Waals surface area contributed by atoms with Crippen LogP contribution in [0.2, 0.25) is 0 Å². The van der Waals surface area contributed by atoms with E-state index in [0.29, 0.717) is 0 Å². The number of halogens is 3. The summed E-state index contributed by atoms with van der Waals surface area (Å²) in [6.07, 6.45) is -5.68. The molecule has 18 heavy (non-hydrogen) atoms. The van der Waals surface area contributed by atoms with Crippen LogP contribution >= 0.6 is 0 Å². The lowest BCUT2D eigenvalue weighted by atomic mass is 10.1. The van der Waals surface area contributed by atoms with Crippen LogP contribution in [-0.2, 0) is 14.6 Å². The van der Waals surface area contributed by atoms with Crippen molar-refractivity contribution in [3.63, 3.8) is 0 Å². The minimum Gasteiger partial charge on any atom is -0.481 e. The number of rotatable bonds is 4. The van der Waals surface area contributed by atoms with Crippen LogP contribution < -0.4 is 0 Å². The molecule has 0 aliphatic carbocycles. The molecule has 0 amide bonds. The predicted molar refractivity (Wildman–Crippen MR) is 56.9 cm³/mol. The van der Waals surface area contributed by atoms with Gasteiger partial charge in [0.05, 0.1) is 17.9 Å². The molecule has 106 valence electrons. The highest BCUT2D eigenvalue weighted by molar-refractivity contribution is 7.91. The summed E-state index contributed by atoms with van der Waals surface area (Å²) < 4.78 is 60.6. The third-order valence-electron chi connectivity index (χ3n) is 3.02. The Morgan fingerprint density at radius 3 is 2.39 bits per heavy atom. The van der Waals surface area contributed by atoms with Crippen molar-refractivity contribution in [3.05, 3.63) is 0 Å². The van der Waals surface area contributed by atoms with Gasteiger partial charge in [-0.2, -0.15) is 13.2 Å². The van der Waals surface area contributed by atoms with Crippen LogP contribution in [0.3, 0.4) is 0 Å². The van der Waals surface area contributed by atoms with Crippen LogP contribution in [-0.4, -0.2) is 61.2 Å². The number of hydrogen-bond donors (Lipinski definition) is 1. The molecule has 0 bridgehead atoms.